The van der Waals surface area contributed by atoms with Crippen molar-refractivity contribution >= 4 is 15.9 Å². The van der Waals surface area contributed by atoms with E-state index >= 15 is 0 Å². The molecule has 0 atom stereocenters. The minimum absolute atomic E-state index is 0.0720. The zero-order valence-electron chi connectivity index (χ0n) is 15.2. The van der Waals surface area contributed by atoms with Gasteiger partial charge in [-0.1, -0.05) is 11.3 Å². The fourth-order valence-corrected chi connectivity index (χ4v) is 4.76. The molecule has 0 saturated heterocycles. The van der Waals surface area contributed by atoms with Gasteiger partial charge in [-0.05, 0) is 56.7 Å². The first-order chi connectivity index (χ1) is 13.4. The van der Waals surface area contributed by atoms with Crippen LogP contribution in [0.3, 0.4) is 0 Å². The highest BCUT2D eigenvalue weighted by Gasteiger charge is 2.29. The van der Waals surface area contributed by atoms with E-state index in [0.29, 0.717) is 31.4 Å². The van der Waals surface area contributed by atoms with Crippen LogP contribution in [-0.4, -0.2) is 41.4 Å². The minimum Gasteiger partial charge on any atom is -0.348 e. The van der Waals surface area contributed by atoms with Crippen molar-refractivity contribution in [2.45, 2.75) is 61.5 Å². The minimum atomic E-state index is -3.76. The fourth-order valence-electron chi connectivity index (χ4n) is 3.43. The number of sulfonamides is 1. The number of rotatable bonds is 6. The molecule has 2 aliphatic carbocycles. The summed E-state index contributed by atoms with van der Waals surface area (Å²) in [6.07, 6.45) is 6.35. The molecule has 1 heterocycles. The van der Waals surface area contributed by atoms with Crippen LogP contribution in [-0.2, 0) is 10.0 Å². The highest BCUT2D eigenvalue weighted by Crippen LogP contribution is 2.29. The molecule has 0 spiro atoms. The van der Waals surface area contributed by atoms with Crippen LogP contribution in [0.25, 0.3) is 0 Å². The third-order valence-corrected chi connectivity index (χ3v) is 6.67. The summed E-state index contributed by atoms with van der Waals surface area (Å²) in [7, 11) is -3.76. The average Bonchev–Trinajstić information content (AvgIpc) is 3.34. The highest BCUT2D eigenvalue weighted by atomic mass is 32.2. The number of halogens is 1. The van der Waals surface area contributed by atoms with Crippen LogP contribution in [0.15, 0.2) is 35.4 Å². The molecule has 2 fully saturated rings. The van der Waals surface area contributed by atoms with Crippen LogP contribution in [0.4, 0.5) is 4.39 Å². The molecule has 2 saturated carbocycles. The van der Waals surface area contributed by atoms with Gasteiger partial charge in [-0.3, -0.25) is 4.79 Å². The van der Waals surface area contributed by atoms with Crippen molar-refractivity contribution in [1.82, 2.24) is 25.0 Å². The van der Waals surface area contributed by atoms with Crippen LogP contribution < -0.4 is 10.0 Å². The van der Waals surface area contributed by atoms with Gasteiger partial charge in [-0.25, -0.2) is 22.2 Å². The van der Waals surface area contributed by atoms with Crippen molar-refractivity contribution in [3.63, 3.8) is 0 Å². The van der Waals surface area contributed by atoms with Crippen LogP contribution >= 0.6 is 0 Å². The fraction of sp³-hybridized carbons (Fsp3) is 0.500. The van der Waals surface area contributed by atoms with E-state index in [-0.39, 0.29) is 28.9 Å². The Morgan fingerprint density at radius 3 is 2.50 bits per heavy atom. The SMILES string of the molecule is O=C(NC1CC1)c1cn(C2CCC(NS(=O)(=O)c3cccc(F)c3)CC2)nn1. The smallest absolute Gasteiger partial charge is 0.273 e. The summed E-state index contributed by atoms with van der Waals surface area (Å²) < 4.78 is 42.5. The number of hydrogen-bond donors (Lipinski definition) is 2. The molecule has 10 heteroatoms. The van der Waals surface area contributed by atoms with E-state index in [2.05, 4.69) is 20.4 Å². The van der Waals surface area contributed by atoms with Gasteiger partial charge in [-0.15, -0.1) is 5.10 Å². The maximum atomic E-state index is 13.3. The molecule has 0 unspecified atom stereocenters. The molecule has 0 bridgehead atoms. The standard InChI is InChI=1S/C18H22FN5O3S/c19-12-2-1-3-16(10-12)28(26,27)22-14-6-8-15(9-7-14)24-11-17(21-23-24)18(25)20-13-4-5-13/h1-3,10-11,13-15,22H,4-9H2,(H,20,25). The molecule has 0 aliphatic heterocycles. The van der Waals surface area contributed by atoms with Crippen molar-refractivity contribution in [3.05, 3.63) is 42.0 Å². The normalized spacial score (nSPS) is 22.8. The largest absolute Gasteiger partial charge is 0.348 e. The van der Waals surface area contributed by atoms with Crippen molar-refractivity contribution in [3.8, 4) is 0 Å². The molecule has 150 valence electrons. The Bertz CT molecular complexity index is 965. The molecule has 1 aromatic carbocycles. The summed E-state index contributed by atoms with van der Waals surface area (Å²) in [5.41, 5.74) is 0.306. The van der Waals surface area contributed by atoms with Crippen LogP contribution in [0.1, 0.15) is 55.1 Å². The quantitative estimate of drug-likeness (QED) is 0.759. The molecule has 28 heavy (non-hydrogen) atoms. The number of benzene rings is 1. The number of aromatic nitrogens is 3. The number of nitrogens with one attached hydrogen (secondary N) is 2. The number of carbonyl (C=O) groups excluding carboxylic acids is 1. The van der Waals surface area contributed by atoms with Gasteiger partial charge in [-0.2, -0.15) is 0 Å². The third kappa shape index (κ3) is 4.39. The maximum Gasteiger partial charge on any atom is 0.273 e. The highest BCUT2D eigenvalue weighted by molar-refractivity contribution is 7.89. The van der Waals surface area contributed by atoms with Crippen molar-refractivity contribution in [2.75, 3.05) is 0 Å². The predicted molar refractivity (Wildman–Crippen MR) is 98.5 cm³/mol. The summed E-state index contributed by atoms with van der Waals surface area (Å²) in [6.45, 7) is 0. The van der Waals surface area contributed by atoms with E-state index < -0.39 is 15.8 Å². The Labute approximate surface area is 162 Å². The van der Waals surface area contributed by atoms with Gasteiger partial charge < -0.3 is 5.32 Å². The second-order valence-electron chi connectivity index (χ2n) is 7.42. The molecule has 2 aromatic rings. The van der Waals surface area contributed by atoms with Crippen molar-refractivity contribution in [2.24, 2.45) is 0 Å². The van der Waals surface area contributed by atoms with Crippen LogP contribution in [0, 0.1) is 5.82 Å². The van der Waals surface area contributed by atoms with Gasteiger partial charge >= 0.3 is 0 Å². The first-order valence-corrected chi connectivity index (χ1v) is 10.9. The maximum absolute atomic E-state index is 13.3. The summed E-state index contributed by atoms with van der Waals surface area (Å²) >= 11 is 0. The number of nitrogens with zero attached hydrogens (tertiary/aromatic N) is 3. The average molecular weight is 407 g/mol. The second-order valence-corrected chi connectivity index (χ2v) is 9.13. The van der Waals surface area contributed by atoms with Crippen molar-refractivity contribution < 1.29 is 17.6 Å². The lowest BCUT2D eigenvalue weighted by Gasteiger charge is -2.28. The molecule has 1 aromatic heterocycles. The molecule has 0 radical (unpaired) electrons. The van der Waals surface area contributed by atoms with Gasteiger partial charge in [0.2, 0.25) is 10.0 Å². The molecular formula is C18H22FN5O3S. The van der Waals surface area contributed by atoms with Crippen LogP contribution in [0.5, 0.6) is 0 Å². The summed E-state index contributed by atoms with van der Waals surface area (Å²) in [6, 6.07) is 5.09. The van der Waals surface area contributed by atoms with E-state index in [1.165, 1.54) is 18.2 Å². The molecule has 8 nitrogen and oxygen atoms in total. The summed E-state index contributed by atoms with van der Waals surface area (Å²) in [5, 5.41) is 10.9. The Morgan fingerprint density at radius 2 is 1.82 bits per heavy atom. The van der Waals surface area contributed by atoms with Gasteiger partial charge in [0.15, 0.2) is 5.69 Å². The molecule has 2 N–H and O–H groups in total. The molecule has 1 amide bonds. The molecule has 2 aliphatic rings. The van der Waals surface area contributed by atoms with Crippen molar-refractivity contribution in [1.29, 1.82) is 0 Å². The van der Waals surface area contributed by atoms with E-state index in [9.17, 15) is 17.6 Å². The lowest BCUT2D eigenvalue weighted by Crippen LogP contribution is -2.38. The number of hydrogen-bond acceptors (Lipinski definition) is 5. The zero-order chi connectivity index (χ0) is 19.7. The lowest BCUT2D eigenvalue weighted by atomic mass is 9.92. The van der Waals surface area contributed by atoms with Gasteiger partial charge in [0.25, 0.3) is 5.91 Å². The topological polar surface area (TPSA) is 106 Å². The van der Waals surface area contributed by atoms with E-state index in [4.69, 9.17) is 0 Å². The third-order valence-electron chi connectivity index (χ3n) is 5.15. The summed E-state index contributed by atoms with van der Waals surface area (Å²) in [4.78, 5) is 12.0. The predicted octanol–water partition coefficient (Wildman–Crippen LogP) is 1.77. The summed E-state index contributed by atoms with van der Waals surface area (Å²) in [5.74, 6) is -0.787. The second kappa shape index (κ2) is 7.59. The van der Waals surface area contributed by atoms with E-state index in [0.717, 1.165) is 18.9 Å². The first-order valence-electron chi connectivity index (χ1n) is 9.41. The number of amides is 1. The first kappa shape index (κ1) is 19.0. The van der Waals surface area contributed by atoms with Gasteiger partial charge in [0, 0.05) is 12.1 Å². The van der Waals surface area contributed by atoms with Gasteiger partial charge in [0.05, 0.1) is 17.1 Å². The van der Waals surface area contributed by atoms with E-state index in [1.54, 1.807) is 10.9 Å². The Hall–Kier alpha value is -2.33. The Morgan fingerprint density at radius 1 is 1.11 bits per heavy atom. The monoisotopic (exact) mass is 407 g/mol. The van der Waals surface area contributed by atoms with Gasteiger partial charge in [0.1, 0.15) is 5.82 Å². The zero-order valence-corrected chi connectivity index (χ0v) is 16.0. The van der Waals surface area contributed by atoms with E-state index in [1.807, 2.05) is 0 Å². The van der Waals surface area contributed by atoms with Crippen LogP contribution in [0.2, 0.25) is 0 Å². The lowest BCUT2D eigenvalue weighted by molar-refractivity contribution is 0.0946. The molecule has 4 rings (SSSR count). The Kier molecular flexibility index (Phi) is 5.15. The Balaban J connectivity index is 1.33. The molecular weight excluding hydrogens is 385 g/mol. The number of carbonyl (C=O) groups is 1.